The van der Waals surface area contributed by atoms with E-state index >= 15 is 0 Å². The third-order valence-electron chi connectivity index (χ3n) is 4.10. The lowest BCUT2D eigenvalue weighted by atomic mass is 9.92. The van der Waals surface area contributed by atoms with Crippen molar-refractivity contribution in [1.29, 1.82) is 0 Å². The molecular formula is C15H25NO4. The average Bonchev–Trinajstić information content (AvgIpc) is 3.02. The first-order chi connectivity index (χ1) is 9.17. The molecule has 1 rings (SSSR count). The van der Waals surface area contributed by atoms with Crippen molar-refractivity contribution in [3.05, 3.63) is 11.3 Å². The van der Waals surface area contributed by atoms with E-state index in [0.717, 1.165) is 30.5 Å². The highest BCUT2D eigenvalue weighted by atomic mass is 16.4. The quantitative estimate of drug-likeness (QED) is 0.716. The summed E-state index contributed by atoms with van der Waals surface area (Å²) >= 11 is 0. The second-order valence-electron chi connectivity index (χ2n) is 6.23. The molecule has 0 aromatic carbocycles. The molecule has 0 radical (unpaired) electrons. The minimum absolute atomic E-state index is 0.0211. The van der Waals surface area contributed by atoms with Crippen molar-refractivity contribution in [1.82, 2.24) is 4.90 Å². The van der Waals surface area contributed by atoms with Gasteiger partial charge < -0.3 is 15.1 Å². The predicted octanol–water partition coefficient (Wildman–Crippen LogP) is 2.72. The van der Waals surface area contributed by atoms with Crippen LogP contribution in [0.15, 0.2) is 11.3 Å². The normalized spacial score (nSPS) is 17.6. The van der Waals surface area contributed by atoms with Crippen molar-refractivity contribution in [2.75, 3.05) is 6.54 Å². The smallest absolute Gasteiger partial charge is 0.323 e. The molecule has 0 atom stereocenters. The van der Waals surface area contributed by atoms with E-state index in [2.05, 4.69) is 0 Å². The van der Waals surface area contributed by atoms with E-state index in [1.807, 2.05) is 32.6 Å². The van der Waals surface area contributed by atoms with Gasteiger partial charge in [0.2, 0.25) is 0 Å². The highest BCUT2D eigenvalue weighted by molar-refractivity contribution is 5.69. The lowest BCUT2D eigenvalue weighted by Gasteiger charge is -2.30. The SMILES string of the molecule is C/C(CC1(CC(=O)O)CC1)=C(/C)N(CC(=O)O)C(C)C. The Morgan fingerprint density at radius 3 is 2.00 bits per heavy atom. The number of hydrogen-bond acceptors (Lipinski definition) is 3. The summed E-state index contributed by atoms with van der Waals surface area (Å²) in [5.41, 5.74) is 1.96. The number of carboxylic acid groups (broad SMARTS) is 2. The number of carboxylic acids is 2. The zero-order chi connectivity index (χ0) is 15.5. The van der Waals surface area contributed by atoms with Crippen molar-refractivity contribution in [3.63, 3.8) is 0 Å². The summed E-state index contributed by atoms with van der Waals surface area (Å²) in [4.78, 5) is 23.7. The van der Waals surface area contributed by atoms with Crippen LogP contribution in [-0.4, -0.2) is 39.6 Å². The first-order valence-corrected chi connectivity index (χ1v) is 7.03. The molecule has 0 aromatic rings. The molecule has 5 heteroatoms. The Morgan fingerprint density at radius 2 is 1.65 bits per heavy atom. The molecule has 0 spiro atoms. The van der Waals surface area contributed by atoms with Crippen LogP contribution < -0.4 is 0 Å². The fourth-order valence-electron chi connectivity index (χ4n) is 2.68. The fraction of sp³-hybridized carbons (Fsp3) is 0.733. The Morgan fingerprint density at radius 1 is 1.10 bits per heavy atom. The molecular weight excluding hydrogens is 258 g/mol. The molecule has 0 aromatic heterocycles. The van der Waals surface area contributed by atoms with Gasteiger partial charge in [0.25, 0.3) is 0 Å². The molecule has 2 N–H and O–H groups in total. The van der Waals surface area contributed by atoms with Gasteiger partial charge in [0, 0.05) is 11.7 Å². The van der Waals surface area contributed by atoms with Gasteiger partial charge >= 0.3 is 11.9 Å². The van der Waals surface area contributed by atoms with Crippen LogP contribution in [-0.2, 0) is 9.59 Å². The number of carbonyl (C=O) groups is 2. The molecule has 1 saturated carbocycles. The molecule has 114 valence electrons. The zero-order valence-electron chi connectivity index (χ0n) is 12.8. The first-order valence-electron chi connectivity index (χ1n) is 7.03. The van der Waals surface area contributed by atoms with Crippen molar-refractivity contribution in [2.45, 2.75) is 59.4 Å². The number of allylic oxidation sites excluding steroid dienone is 2. The second kappa shape index (κ2) is 6.29. The maximum atomic E-state index is 10.9. The number of rotatable bonds is 8. The summed E-state index contributed by atoms with van der Waals surface area (Å²) in [5.74, 6) is -1.60. The minimum atomic E-state index is -0.850. The summed E-state index contributed by atoms with van der Waals surface area (Å²) in [6.45, 7) is 7.81. The Balaban J connectivity index is 2.81. The lowest BCUT2D eigenvalue weighted by Crippen LogP contribution is -2.34. The van der Waals surface area contributed by atoms with E-state index in [-0.39, 0.29) is 24.4 Å². The number of aliphatic carboxylic acids is 2. The summed E-state index contributed by atoms with van der Waals surface area (Å²) in [6, 6.07) is 0.107. The Kier molecular flexibility index (Phi) is 5.20. The molecule has 0 saturated heterocycles. The maximum absolute atomic E-state index is 10.9. The molecule has 20 heavy (non-hydrogen) atoms. The van der Waals surface area contributed by atoms with E-state index in [1.54, 1.807) is 0 Å². The van der Waals surface area contributed by atoms with Crippen molar-refractivity contribution >= 4 is 11.9 Å². The summed E-state index contributed by atoms with van der Waals surface area (Å²) in [5, 5.41) is 17.9. The van der Waals surface area contributed by atoms with Crippen LogP contribution in [0.2, 0.25) is 0 Å². The number of nitrogens with zero attached hydrogens (tertiary/aromatic N) is 1. The summed E-state index contributed by atoms with van der Waals surface area (Å²) < 4.78 is 0. The first kappa shape index (κ1) is 16.5. The van der Waals surface area contributed by atoms with Crippen molar-refractivity contribution < 1.29 is 19.8 Å². The average molecular weight is 283 g/mol. The summed E-state index contributed by atoms with van der Waals surface area (Å²) in [6.07, 6.45) is 2.85. The largest absolute Gasteiger partial charge is 0.481 e. The van der Waals surface area contributed by atoms with Gasteiger partial charge in [-0.05, 0) is 52.4 Å². The van der Waals surface area contributed by atoms with Crippen LogP contribution in [0.5, 0.6) is 0 Å². The van der Waals surface area contributed by atoms with Gasteiger partial charge in [0.15, 0.2) is 0 Å². The minimum Gasteiger partial charge on any atom is -0.481 e. The molecule has 0 heterocycles. The van der Waals surface area contributed by atoms with E-state index in [9.17, 15) is 9.59 Å². The fourth-order valence-corrected chi connectivity index (χ4v) is 2.68. The second-order valence-corrected chi connectivity index (χ2v) is 6.23. The van der Waals surface area contributed by atoms with Gasteiger partial charge in [-0.25, -0.2) is 0 Å². The molecule has 0 aliphatic heterocycles. The van der Waals surface area contributed by atoms with Crippen LogP contribution in [0, 0.1) is 5.41 Å². The van der Waals surface area contributed by atoms with E-state index in [4.69, 9.17) is 10.2 Å². The van der Waals surface area contributed by atoms with Gasteiger partial charge in [0.1, 0.15) is 6.54 Å². The number of hydrogen-bond donors (Lipinski definition) is 2. The molecule has 0 unspecified atom stereocenters. The Bertz CT molecular complexity index is 422. The lowest BCUT2D eigenvalue weighted by molar-refractivity contribution is -0.139. The molecule has 1 fully saturated rings. The van der Waals surface area contributed by atoms with Crippen LogP contribution in [0.25, 0.3) is 0 Å². The molecule has 5 nitrogen and oxygen atoms in total. The van der Waals surface area contributed by atoms with Gasteiger partial charge in [0.05, 0.1) is 6.42 Å². The van der Waals surface area contributed by atoms with Gasteiger partial charge in [-0.1, -0.05) is 5.57 Å². The van der Waals surface area contributed by atoms with Gasteiger partial charge in [-0.3, -0.25) is 9.59 Å². The summed E-state index contributed by atoms with van der Waals surface area (Å²) in [7, 11) is 0. The molecule has 1 aliphatic carbocycles. The monoisotopic (exact) mass is 283 g/mol. The molecule has 1 aliphatic rings. The van der Waals surface area contributed by atoms with Gasteiger partial charge in [-0.15, -0.1) is 0 Å². The molecule has 0 bridgehead atoms. The maximum Gasteiger partial charge on any atom is 0.323 e. The third-order valence-corrected chi connectivity index (χ3v) is 4.10. The highest BCUT2D eigenvalue weighted by Crippen LogP contribution is 2.53. The van der Waals surface area contributed by atoms with Gasteiger partial charge in [-0.2, -0.15) is 0 Å². The standard InChI is InChI=1S/C15H25NO4/c1-10(2)16(9-14(19)20)12(4)11(3)7-15(5-6-15)8-13(17)18/h10H,5-9H2,1-4H3,(H,17,18)(H,19,20)/b12-11+. The van der Waals surface area contributed by atoms with Crippen LogP contribution >= 0.6 is 0 Å². The molecule has 0 amide bonds. The van der Waals surface area contributed by atoms with Crippen LogP contribution in [0.4, 0.5) is 0 Å². The van der Waals surface area contributed by atoms with E-state index in [0.29, 0.717) is 0 Å². The topological polar surface area (TPSA) is 77.8 Å². The Labute approximate surface area is 120 Å². The zero-order valence-corrected chi connectivity index (χ0v) is 12.8. The van der Waals surface area contributed by atoms with Crippen molar-refractivity contribution in [2.24, 2.45) is 5.41 Å². The van der Waals surface area contributed by atoms with E-state index < -0.39 is 11.9 Å². The third kappa shape index (κ3) is 4.54. The predicted molar refractivity (Wildman–Crippen MR) is 76.4 cm³/mol. The Hall–Kier alpha value is -1.52. The highest BCUT2D eigenvalue weighted by Gasteiger charge is 2.44. The van der Waals surface area contributed by atoms with E-state index in [1.165, 1.54) is 0 Å². The van der Waals surface area contributed by atoms with Crippen LogP contribution in [0.1, 0.15) is 53.4 Å². The van der Waals surface area contributed by atoms with Crippen LogP contribution in [0.3, 0.4) is 0 Å². The van der Waals surface area contributed by atoms with Crippen molar-refractivity contribution in [3.8, 4) is 0 Å².